The van der Waals surface area contributed by atoms with Crippen LogP contribution in [0.1, 0.15) is 13.8 Å². The molecule has 0 atom stereocenters. The second-order valence-corrected chi connectivity index (χ2v) is 3.94. The molecule has 5 heteroatoms. The van der Waals surface area contributed by atoms with Crippen molar-refractivity contribution < 1.29 is 19.5 Å². The second-order valence-electron chi connectivity index (χ2n) is 3.94. The van der Waals surface area contributed by atoms with Gasteiger partial charge in [0.1, 0.15) is 10.8 Å². The van der Waals surface area contributed by atoms with Crippen LogP contribution in [0.25, 0.3) is 0 Å². The summed E-state index contributed by atoms with van der Waals surface area (Å²) >= 11 is 0. The summed E-state index contributed by atoms with van der Waals surface area (Å²) in [4.78, 5) is 26.3. The Morgan fingerprint density at radius 1 is 1.13 bits per heavy atom. The molecule has 0 saturated carbocycles. The summed E-state index contributed by atoms with van der Waals surface area (Å²) in [6.45, 7) is 3.13. The van der Waals surface area contributed by atoms with Crippen LogP contribution in [0.3, 0.4) is 0 Å². The summed E-state index contributed by atoms with van der Waals surface area (Å²) < 4.78 is 0. The summed E-state index contributed by atoms with van der Waals surface area (Å²) in [5.74, 6) is 3.19. The van der Waals surface area contributed by atoms with Gasteiger partial charge < -0.3 is 9.94 Å². The zero-order valence-corrected chi connectivity index (χ0v) is 8.56. The van der Waals surface area contributed by atoms with Gasteiger partial charge in [-0.15, -0.1) is 0 Å². The molecule has 3 N–H and O–H groups in total. The summed E-state index contributed by atoms with van der Waals surface area (Å²) in [7, 11) is 0. The molecule has 0 heterocycles. The molecule has 0 spiro atoms. The highest BCUT2D eigenvalue weighted by Crippen LogP contribution is 2.34. The first kappa shape index (κ1) is 11.5. The molecule has 0 aromatic heterocycles. The minimum absolute atomic E-state index is 0.623. The number of aliphatic carboxylic acids is 1. The molecule has 0 aromatic carbocycles. The summed E-state index contributed by atoms with van der Waals surface area (Å²) in [6.07, 6.45) is 5.87. The van der Waals surface area contributed by atoms with E-state index in [1.807, 2.05) is 0 Å². The molecule has 0 radical (unpaired) electrons. The Kier molecular flexibility index (Phi) is 2.68. The molecular weight excluding hydrogens is 198 g/mol. The molecule has 82 valence electrons. The van der Waals surface area contributed by atoms with Gasteiger partial charge in [-0.2, -0.15) is 5.90 Å². The number of hydrogen-bond acceptors (Lipinski definition) is 4. The van der Waals surface area contributed by atoms with Crippen LogP contribution >= 0.6 is 0 Å². The van der Waals surface area contributed by atoms with Gasteiger partial charge in [-0.25, -0.2) is 4.79 Å². The fraction of sp³-hybridized carbons (Fsp3) is 0.400. The Morgan fingerprint density at radius 2 is 1.53 bits per heavy atom. The quantitative estimate of drug-likeness (QED) is 0.516. The summed E-state index contributed by atoms with van der Waals surface area (Å²) in [6, 6.07) is 0. The molecule has 5 nitrogen and oxygen atoms in total. The standard InChI is InChI=1S/C10H13NO4/c1-9(7(12)13)3-5-10(2,6-4-9)8(14)15-11/h3-6H,11H2,1-2H3,(H,12,13). The lowest BCUT2D eigenvalue weighted by Crippen LogP contribution is -2.33. The van der Waals surface area contributed by atoms with Crippen LogP contribution in [0, 0.1) is 10.8 Å². The van der Waals surface area contributed by atoms with E-state index in [1.165, 1.54) is 31.2 Å². The first-order valence-electron chi connectivity index (χ1n) is 4.39. The van der Waals surface area contributed by atoms with Crippen molar-refractivity contribution in [3.8, 4) is 0 Å². The van der Waals surface area contributed by atoms with Gasteiger partial charge >= 0.3 is 11.9 Å². The summed E-state index contributed by atoms with van der Waals surface area (Å²) in [5.41, 5.74) is -2.06. The molecule has 0 aromatic rings. The molecule has 1 aliphatic rings. The van der Waals surface area contributed by atoms with Gasteiger partial charge in [-0.1, -0.05) is 24.3 Å². The van der Waals surface area contributed by atoms with E-state index >= 15 is 0 Å². The largest absolute Gasteiger partial charge is 0.480 e. The maximum absolute atomic E-state index is 11.3. The van der Waals surface area contributed by atoms with Crippen molar-refractivity contribution in [1.29, 1.82) is 0 Å². The number of carboxylic acid groups (broad SMARTS) is 1. The van der Waals surface area contributed by atoms with Crippen molar-refractivity contribution in [2.45, 2.75) is 13.8 Å². The Morgan fingerprint density at radius 3 is 1.87 bits per heavy atom. The predicted octanol–water partition coefficient (Wildman–Crippen LogP) is 0.627. The van der Waals surface area contributed by atoms with Crippen molar-refractivity contribution >= 4 is 11.9 Å². The van der Waals surface area contributed by atoms with E-state index < -0.39 is 22.8 Å². The normalized spacial score (nSPS) is 33.8. The van der Waals surface area contributed by atoms with Gasteiger partial charge in [0, 0.05) is 0 Å². The third-order valence-corrected chi connectivity index (χ3v) is 2.56. The Bertz CT molecular complexity index is 342. The monoisotopic (exact) mass is 211 g/mol. The molecule has 0 aliphatic heterocycles. The fourth-order valence-corrected chi connectivity index (χ4v) is 1.21. The van der Waals surface area contributed by atoms with Crippen LogP contribution in [0.2, 0.25) is 0 Å². The smallest absolute Gasteiger partial charge is 0.337 e. The lowest BCUT2D eigenvalue weighted by atomic mass is 9.77. The molecular formula is C10H13NO4. The third-order valence-electron chi connectivity index (χ3n) is 2.56. The van der Waals surface area contributed by atoms with E-state index in [4.69, 9.17) is 11.0 Å². The van der Waals surface area contributed by atoms with E-state index in [0.717, 1.165) is 0 Å². The average Bonchev–Trinajstić information content (AvgIpc) is 2.21. The SMILES string of the molecule is CC1(C(=O)O)C=CC(C)(C(=O)ON)C=C1. The van der Waals surface area contributed by atoms with Crippen LogP contribution < -0.4 is 5.90 Å². The molecule has 0 amide bonds. The van der Waals surface area contributed by atoms with Crippen molar-refractivity contribution in [2.75, 3.05) is 0 Å². The summed E-state index contributed by atoms with van der Waals surface area (Å²) in [5, 5.41) is 8.92. The molecule has 1 aliphatic carbocycles. The number of carbonyl (C=O) groups excluding carboxylic acids is 1. The lowest BCUT2D eigenvalue weighted by molar-refractivity contribution is -0.151. The van der Waals surface area contributed by atoms with Crippen molar-refractivity contribution in [2.24, 2.45) is 16.7 Å². The average molecular weight is 211 g/mol. The lowest BCUT2D eigenvalue weighted by Gasteiger charge is -2.27. The van der Waals surface area contributed by atoms with Crippen LogP contribution in [0.4, 0.5) is 0 Å². The van der Waals surface area contributed by atoms with E-state index in [9.17, 15) is 9.59 Å². The van der Waals surface area contributed by atoms with Crippen LogP contribution in [-0.4, -0.2) is 17.0 Å². The topological polar surface area (TPSA) is 89.6 Å². The second kappa shape index (κ2) is 3.51. The maximum atomic E-state index is 11.3. The van der Waals surface area contributed by atoms with Gasteiger partial charge in [0.2, 0.25) is 0 Å². The fourth-order valence-electron chi connectivity index (χ4n) is 1.21. The number of nitrogens with two attached hydrogens (primary N) is 1. The first-order valence-corrected chi connectivity index (χ1v) is 4.39. The van der Waals surface area contributed by atoms with Crippen molar-refractivity contribution in [3.05, 3.63) is 24.3 Å². The zero-order valence-electron chi connectivity index (χ0n) is 8.56. The van der Waals surface area contributed by atoms with Gasteiger partial charge in [-0.05, 0) is 13.8 Å². The van der Waals surface area contributed by atoms with Crippen molar-refractivity contribution in [1.82, 2.24) is 0 Å². The molecule has 0 bridgehead atoms. The molecule has 15 heavy (non-hydrogen) atoms. The van der Waals surface area contributed by atoms with Gasteiger partial charge in [0.25, 0.3) is 0 Å². The Balaban J connectivity index is 2.98. The Hall–Kier alpha value is -1.62. The maximum Gasteiger partial charge on any atom is 0.337 e. The number of carboxylic acids is 1. The minimum atomic E-state index is -1.08. The minimum Gasteiger partial charge on any atom is -0.480 e. The highest BCUT2D eigenvalue weighted by atomic mass is 16.7. The third kappa shape index (κ3) is 1.92. The van der Waals surface area contributed by atoms with Gasteiger partial charge in [0.05, 0.1) is 0 Å². The first-order chi connectivity index (χ1) is 6.84. The van der Waals surface area contributed by atoms with Crippen LogP contribution in [0.5, 0.6) is 0 Å². The highest BCUT2D eigenvalue weighted by Gasteiger charge is 2.37. The number of rotatable bonds is 2. The Labute approximate surface area is 87.2 Å². The molecule has 0 fully saturated rings. The van der Waals surface area contributed by atoms with Crippen LogP contribution in [0.15, 0.2) is 24.3 Å². The van der Waals surface area contributed by atoms with E-state index in [2.05, 4.69) is 4.84 Å². The molecule has 0 saturated heterocycles. The zero-order chi connectivity index (χ0) is 11.7. The highest BCUT2D eigenvalue weighted by molar-refractivity contribution is 5.85. The predicted molar refractivity (Wildman–Crippen MR) is 52.4 cm³/mol. The molecule has 0 unspecified atom stereocenters. The van der Waals surface area contributed by atoms with E-state index in [-0.39, 0.29) is 0 Å². The van der Waals surface area contributed by atoms with Crippen LogP contribution in [-0.2, 0) is 14.4 Å². The number of carbonyl (C=O) groups is 2. The molecule has 1 rings (SSSR count). The van der Waals surface area contributed by atoms with Gasteiger partial charge in [0.15, 0.2) is 0 Å². The van der Waals surface area contributed by atoms with E-state index in [1.54, 1.807) is 6.92 Å². The number of hydrogen-bond donors (Lipinski definition) is 2. The van der Waals surface area contributed by atoms with Crippen molar-refractivity contribution in [3.63, 3.8) is 0 Å². The van der Waals surface area contributed by atoms with E-state index in [0.29, 0.717) is 0 Å². The van der Waals surface area contributed by atoms with Gasteiger partial charge in [-0.3, -0.25) is 4.79 Å².